The molecule has 0 bridgehead atoms. The van der Waals surface area contributed by atoms with Crippen molar-refractivity contribution in [3.63, 3.8) is 0 Å². The number of hydrogen-bond acceptors (Lipinski definition) is 2. The molecule has 0 atom stereocenters. The topological polar surface area (TPSA) is 33.0 Å². The van der Waals surface area contributed by atoms with E-state index in [1.54, 1.807) is 18.2 Å². The fraction of sp³-hybridized carbons (Fsp3) is 0.536. The van der Waals surface area contributed by atoms with Crippen molar-refractivity contribution < 1.29 is 22.3 Å². The molecule has 0 N–H and O–H groups in total. The second-order valence-electron chi connectivity index (χ2n) is 9.59. The lowest BCUT2D eigenvalue weighted by Gasteiger charge is -2.36. The van der Waals surface area contributed by atoms with Gasteiger partial charge in [0.1, 0.15) is 11.8 Å². The minimum Gasteiger partial charge on any atom is -0.406 e. The van der Waals surface area contributed by atoms with E-state index in [0.717, 1.165) is 44.1 Å². The zero-order chi connectivity index (χ0) is 24.6. The van der Waals surface area contributed by atoms with Crippen molar-refractivity contribution in [3.05, 3.63) is 66.0 Å². The Morgan fingerprint density at radius 2 is 1.59 bits per heavy atom. The molecule has 0 saturated heterocycles. The molecule has 34 heavy (non-hydrogen) atoms. The van der Waals surface area contributed by atoms with Crippen molar-refractivity contribution in [2.75, 3.05) is 0 Å². The van der Waals surface area contributed by atoms with E-state index >= 15 is 0 Å². The van der Waals surface area contributed by atoms with E-state index in [1.807, 2.05) is 6.08 Å². The molecule has 184 valence electrons. The van der Waals surface area contributed by atoms with Crippen LogP contribution in [0.3, 0.4) is 0 Å². The Hall–Kier alpha value is -2.55. The maximum Gasteiger partial charge on any atom is 0.573 e. The minimum absolute atomic E-state index is 0.172. The van der Waals surface area contributed by atoms with E-state index in [2.05, 4.69) is 11.3 Å². The molecule has 6 heteroatoms. The number of halogens is 4. The summed E-state index contributed by atoms with van der Waals surface area (Å²) >= 11 is 0. The van der Waals surface area contributed by atoms with Gasteiger partial charge in [0.2, 0.25) is 0 Å². The van der Waals surface area contributed by atoms with Crippen molar-refractivity contribution in [1.82, 2.24) is 0 Å². The van der Waals surface area contributed by atoms with E-state index < -0.39 is 12.2 Å². The SMILES string of the molecule is C=C(C1CCC(CCC=CC=C(F)C#N)CC1)C1CCC(c2ccc(OC(F)(F)F)cc2)CC1. The molecule has 0 spiro atoms. The van der Waals surface area contributed by atoms with Crippen LogP contribution in [0, 0.1) is 29.1 Å². The van der Waals surface area contributed by atoms with E-state index in [-0.39, 0.29) is 5.75 Å². The van der Waals surface area contributed by atoms with Gasteiger partial charge in [0.05, 0.1) is 0 Å². The molecule has 2 fully saturated rings. The van der Waals surface area contributed by atoms with Gasteiger partial charge in [-0.1, -0.05) is 36.4 Å². The molecule has 0 unspecified atom stereocenters. The van der Waals surface area contributed by atoms with Crippen LogP contribution in [0.25, 0.3) is 0 Å². The van der Waals surface area contributed by atoms with Crippen LogP contribution in [0.5, 0.6) is 5.75 Å². The van der Waals surface area contributed by atoms with Gasteiger partial charge in [0, 0.05) is 0 Å². The molecule has 0 aromatic heterocycles. The highest BCUT2D eigenvalue weighted by Gasteiger charge is 2.32. The average Bonchev–Trinajstić information content (AvgIpc) is 2.83. The molecule has 2 saturated carbocycles. The van der Waals surface area contributed by atoms with Gasteiger partial charge >= 0.3 is 6.36 Å². The highest BCUT2D eigenvalue weighted by molar-refractivity contribution is 5.30. The molecule has 0 amide bonds. The second kappa shape index (κ2) is 12.2. The summed E-state index contributed by atoms with van der Waals surface area (Å²) in [5.74, 6) is 1.25. The molecule has 0 aliphatic heterocycles. The van der Waals surface area contributed by atoms with Crippen LogP contribution in [0.1, 0.15) is 75.7 Å². The maximum atomic E-state index is 12.8. The third kappa shape index (κ3) is 8.04. The lowest BCUT2D eigenvalue weighted by molar-refractivity contribution is -0.274. The Balaban J connectivity index is 1.38. The summed E-state index contributed by atoms with van der Waals surface area (Å²) in [4.78, 5) is 0. The molecular formula is C28H33F4NO. The molecule has 2 nitrogen and oxygen atoms in total. The number of nitriles is 1. The summed E-state index contributed by atoms with van der Waals surface area (Å²) in [6.45, 7) is 4.48. The van der Waals surface area contributed by atoms with Crippen molar-refractivity contribution in [1.29, 1.82) is 5.26 Å². The Morgan fingerprint density at radius 3 is 2.15 bits per heavy atom. The zero-order valence-corrected chi connectivity index (χ0v) is 19.5. The first-order chi connectivity index (χ1) is 16.2. The fourth-order valence-corrected chi connectivity index (χ4v) is 5.51. The Morgan fingerprint density at radius 1 is 1.00 bits per heavy atom. The summed E-state index contributed by atoms with van der Waals surface area (Å²) < 4.78 is 53.8. The number of rotatable bonds is 8. The van der Waals surface area contributed by atoms with Gasteiger partial charge in [-0.05, 0) is 112 Å². The zero-order valence-electron chi connectivity index (χ0n) is 19.5. The van der Waals surface area contributed by atoms with Gasteiger partial charge < -0.3 is 4.74 Å². The number of nitrogens with zero attached hydrogens (tertiary/aromatic N) is 1. The number of hydrogen-bond donors (Lipinski definition) is 0. The lowest BCUT2D eigenvalue weighted by Crippen LogP contribution is -2.22. The first-order valence-corrected chi connectivity index (χ1v) is 12.2. The lowest BCUT2D eigenvalue weighted by atomic mass is 9.69. The van der Waals surface area contributed by atoms with Crippen LogP contribution >= 0.6 is 0 Å². The van der Waals surface area contributed by atoms with Crippen LogP contribution in [0.2, 0.25) is 0 Å². The summed E-state index contributed by atoms with van der Waals surface area (Å²) in [5, 5.41) is 8.39. The highest BCUT2D eigenvalue weighted by atomic mass is 19.4. The Bertz CT molecular complexity index is 894. The van der Waals surface area contributed by atoms with Crippen LogP contribution in [0.15, 0.2) is 60.5 Å². The van der Waals surface area contributed by atoms with Gasteiger partial charge in [0.15, 0.2) is 5.83 Å². The van der Waals surface area contributed by atoms with Crippen LogP contribution in [-0.2, 0) is 0 Å². The van der Waals surface area contributed by atoms with Crippen molar-refractivity contribution >= 4 is 0 Å². The Labute approximate surface area is 200 Å². The molecule has 0 heterocycles. The Kier molecular flexibility index (Phi) is 9.38. The molecule has 0 radical (unpaired) electrons. The number of benzene rings is 1. The highest BCUT2D eigenvalue weighted by Crippen LogP contribution is 2.44. The molecule has 3 rings (SSSR count). The summed E-state index contributed by atoms with van der Waals surface area (Å²) in [6.07, 6.45) is 11.1. The van der Waals surface area contributed by atoms with Crippen molar-refractivity contribution in [2.45, 2.75) is 76.5 Å². The van der Waals surface area contributed by atoms with E-state index in [0.29, 0.717) is 23.7 Å². The minimum atomic E-state index is -4.66. The third-order valence-electron chi connectivity index (χ3n) is 7.43. The summed E-state index contributed by atoms with van der Waals surface area (Å²) in [5.41, 5.74) is 2.47. The van der Waals surface area contributed by atoms with Gasteiger partial charge in [-0.3, -0.25) is 0 Å². The normalized spacial score (nSPS) is 26.3. The van der Waals surface area contributed by atoms with E-state index in [4.69, 9.17) is 5.26 Å². The second-order valence-corrected chi connectivity index (χ2v) is 9.59. The molecule has 1 aromatic carbocycles. The smallest absolute Gasteiger partial charge is 0.406 e. The van der Waals surface area contributed by atoms with E-state index in [9.17, 15) is 17.6 Å². The first-order valence-electron chi connectivity index (χ1n) is 12.2. The van der Waals surface area contributed by atoms with Crippen molar-refractivity contribution in [2.24, 2.45) is 17.8 Å². The van der Waals surface area contributed by atoms with Crippen LogP contribution in [0.4, 0.5) is 17.6 Å². The maximum absolute atomic E-state index is 12.8. The number of ether oxygens (including phenoxy) is 1. The predicted molar refractivity (Wildman–Crippen MR) is 126 cm³/mol. The predicted octanol–water partition coefficient (Wildman–Crippen LogP) is 8.93. The molecule has 2 aliphatic rings. The fourth-order valence-electron chi connectivity index (χ4n) is 5.51. The molecule has 1 aromatic rings. The standard InChI is InChI=1S/C28H33F4NO/c1-20(22-9-7-21(8-10-22)5-3-2-4-6-26(29)19-33)23-11-13-24(14-12-23)25-15-17-27(18-16-25)34-28(30,31)32/h2,4,6,15-18,21-24H,1,3,5,7-14H2. The van der Waals surface area contributed by atoms with Crippen LogP contribution < -0.4 is 4.74 Å². The average molecular weight is 476 g/mol. The quantitative estimate of drug-likeness (QED) is 0.163. The van der Waals surface area contributed by atoms with Gasteiger partial charge in [-0.25, -0.2) is 0 Å². The monoisotopic (exact) mass is 475 g/mol. The molecule has 2 aliphatic carbocycles. The van der Waals surface area contributed by atoms with Crippen LogP contribution in [-0.4, -0.2) is 6.36 Å². The number of alkyl halides is 3. The largest absolute Gasteiger partial charge is 0.573 e. The van der Waals surface area contributed by atoms with Crippen molar-refractivity contribution in [3.8, 4) is 11.8 Å². The van der Waals surface area contributed by atoms with Gasteiger partial charge in [0.25, 0.3) is 0 Å². The van der Waals surface area contributed by atoms with Gasteiger partial charge in [-0.2, -0.15) is 9.65 Å². The number of allylic oxidation sites excluding steroid dienone is 5. The summed E-state index contributed by atoms with van der Waals surface area (Å²) in [7, 11) is 0. The first kappa shape index (κ1) is 26.1. The van der Waals surface area contributed by atoms with Gasteiger partial charge in [-0.15, -0.1) is 13.2 Å². The summed E-state index contributed by atoms with van der Waals surface area (Å²) in [6, 6.07) is 7.79. The van der Waals surface area contributed by atoms with E-state index in [1.165, 1.54) is 55.5 Å². The molecular weight excluding hydrogens is 442 g/mol. The third-order valence-corrected chi connectivity index (χ3v) is 7.43.